The van der Waals surface area contributed by atoms with E-state index >= 15 is 0 Å². The van der Waals surface area contributed by atoms with Gasteiger partial charge >= 0.3 is 0 Å². The van der Waals surface area contributed by atoms with E-state index in [0.29, 0.717) is 6.04 Å². The molecule has 1 atom stereocenters. The van der Waals surface area contributed by atoms with Gasteiger partial charge in [-0.05, 0) is 20.8 Å². The van der Waals surface area contributed by atoms with Crippen molar-refractivity contribution in [2.45, 2.75) is 33.4 Å². The van der Waals surface area contributed by atoms with Gasteiger partial charge in [0.15, 0.2) is 10.9 Å². The van der Waals surface area contributed by atoms with Crippen LogP contribution in [0, 0.1) is 13.8 Å². The molecule has 5 nitrogen and oxygen atoms in total. The number of piperazine rings is 1. The molecule has 2 aromatic heterocycles. The molecular formula is C14H20N4OS. The molecule has 6 heteroatoms. The highest BCUT2D eigenvalue weighted by molar-refractivity contribution is 7.13. The first-order chi connectivity index (χ1) is 9.61. The van der Waals surface area contributed by atoms with Gasteiger partial charge in [0, 0.05) is 37.1 Å². The third-order valence-electron chi connectivity index (χ3n) is 3.62. The standard InChI is InChI=1S/C14H20N4OS/c1-10-6-13(19-16-10)8-17-4-5-18(12(3)7-17)14-15-11(2)9-20-14/h6,9,12H,4-5,7-8H2,1-3H3/t12-/m1/s1. The highest BCUT2D eigenvalue weighted by Gasteiger charge is 2.26. The predicted molar refractivity (Wildman–Crippen MR) is 80.2 cm³/mol. The van der Waals surface area contributed by atoms with Gasteiger partial charge in [-0.3, -0.25) is 4.90 Å². The molecule has 0 amide bonds. The van der Waals surface area contributed by atoms with Crippen LogP contribution in [0.2, 0.25) is 0 Å². The zero-order chi connectivity index (χ0) is 14.1. The van der Waals surface area contributed by atoms with E-state index in [0.717, 1.165) is 48.5 Å². The number of anilines is 1. The van der Waals surface area contributed by atoms with Crippen molar-refractivity contribution in [2.75, 3.05) is 24.5 Å². The second kappa shape index (κ2) is 5.54. The summed E-state index contributed by atoms with van der Waals surface area (Å²) in [5.74, 6) is 0.952. The Morgan fingerprint density at radius 1 is 1.35 bits per heavy atom. The molecule has 0 N–H and O–H groups in total. The Morgan fingerprint density at radius 2 is 2.20 bits per heavy atom. The molecule has 0 aliphatic carbocycles. The molecule has 0 aromatic carbocycles. The first-order valence-electron chi connectivity index (χ1n) is 6.95. The fourth-order valence-corrected chi connectivity index (χ4v) is 3.58. The van der Waals surface area contributed by atoms with E-state index in [-0.39, 0.29) is 0 Å². The van der Waals surface area contributed by atoms with Crippen molar-refractivity contribution in [3.63, 3.8) is 0 Å². The highest BCUT2D eigenvalue weighted by atomic mass is 32.1. The van der Waals surface area contributed by atoms with Crippen molar-refractivity contribution >= 4 is 16.5 Å². The number of thiazole rings is 1. The van der Waals surface area contributed by atoms with Gasteiger partial charge in [0.2, 0.25) is 0 Å². The number of hydrogen-bond donors (Lipinski definition) is 0. The Balaban J connectivity index is 1.62. The predicted octanol–water partition coefficient (Wildman–Crippen LogP) is 2.46. The Bertz CT molecular complexity index is 579. The van der Waals surface area contributed by atoms with Crippen LogP contribution in [0.4, 0.5) is 5.13 Å². The normalized spacial score (nSPS) is 20.6. The van der Waals surface area contributed by atoms with Gasteiger partial charge in [-0.2, -0.15) is 0 Å². The average Bonchev–Trinajstić information content (AvgIpc) is 2.99. The molecule has 3 rings (SSSR count). The van der Waals surface area contributed by atoms with Gasteiger partial charge < -0.3 is 9.42 Å². The van der Waals surface area contributed by atoms with Crippen molar-refractivity contribution in [1.82, 2.24) is 15.0 Å². The molecular weight excluding hydrogens is 272 g/mol. The minimum atomic E-state index is 0.471. The molecule has 2 aromatic rings. The summed E-state index contributed by atoms with van der Waals surface area (Å²) in [7, 11) is 0. The van der Waals surface area contributed by atoms with Crippen LogP contribution in [0.15, 0.2) is 16.0 Å². The Morgan fingerprint density at radius 3 is 2.80 bits per heavy atom. The fourth-order valence-electron chi connectivity index (χ4n) is 2.65. The smallest absolute Gasteiger partial charge is 0.185 e. The first kappa shape index (κ1) is 13.6. The van der Waals surface area contributed by atoms with Gasteiger partial charge in [0.1, 0.15) is 0 Å². The van der Waals surface area contributed by atoms with Crippen LogP contribution in [-0.4, -0.2) is 40.7 Å². The minimum Gasteiger partial charge on any atom is -0.360 e. The summed E-state index contributed by atoms with van der Waals surface area (Å²) in [5, 5.41) is 7.21. The zero-order valence-electron chi connectivity index (χ0n) is 12.2. The van der Waals surface area contributed by atoms with Gasteiger partial charge in [-0.1, -0.05) is 5.16 Å². The van der Waals surface area contributed by atoms with Crippen molar-refractivity contribution in [3.05, 3.63) is 28.6 Å². The lowest BCUT2D eigenvalue weighted by Crippen LogP contribution is -2.51. The molecule has 0 unspecified atom stereocenters. The second-order valence-electron chi connectivity index (χ2n) is 5.48. The van der Waals surface area contributed by atoms with E-state index in [4.69, 9.17) is 4.52 Å². The Labute approximate surface area is 123 Å². The zero-order valence-corrected chi connectivity index (χ0v) is 13.0. The molecule has 0 saturated carbocycles. The van der Waals surface area contributed by atoms with Gasteiger partial charge in [-0.25, -0.2) is 4.98 Å². The maximum atomic E-state index is 5.30. The Hall–Kier alpha value is -1.40. The minimum absolute atomic E-state index is 0.471. The summed E-state index contributed by atoms with van der Waals surface area (Å²) in [6.07, 6.45) is 0. The molecule has 0 radical (unpaired) electrons. The van der Waals surface area contributed by atoms with Crippen molar-refractivity contribution in [3.8, 4) is 0 Å². The van der Waals surface area contributed by atoms with E-state index in [1.165, 1.54) is 0 Å². The molecule has 1 saturated heterocycles. The molecule has 0 spiro atoms. The van der Waals surface area contributed by atoms with Crippen molar-refractivity contribution < 1.29 is 4.52 Å². The quantitative estimate of drug-likeness (QED) is 0.869. The molecule has 1 aliphatic rings. The summed E-state index contributed by atoms with van der Waals surface area (Å²) < 4.78 is 5.30. The summed E-state index contributed by atoms with van der Waals surface area (Å²) in [5.41, 5.74) is 2.06. The lowest BCUT2D eigenvalue weighted by Gasteiger charge is -2.39. The van der Waals surface area contributed by atoms with E-state index in [2.05, 4.69) is 32.2 Å². The monoisotopic (exact) mass is 292 g/mol. The summed E-state index contributed by atoms with van der Waals surface area (Å²) in [4.78, 5) is 9.42. The summed E-state index contributed by atoms with van der Waals surface area (Å²) in [6.45, 7) is 10.2. The van der Waals surface area contributed by atoms with E-state index in [9.17, 15) is 0 Å². The molecule has 3 heterocycles. The van der Waals surface area contributed by atoms with Crippen LogP contribution in [0.1, 0.15) is 24.1 Å². The van der Waals surface area contributed by atoms with E-state index in [1.807, 2.05) is 19.9 Å². The number of hydrogen-bond acceptors (Lipinski definition) is 6. The van der Waals surface area contributed by atoms with Gasteiger partial charge in [-0.15, -0.1) is 11.3 Å². The van der Waals surface area contributed by atoms with Crippen molar-refractivity contribution in [1.29, 1.82) is 0 Å². The third kappa shape index (κ3) is 2.86. The SMILES string of the molecule is Cc1cc(CN2CCN(c3nc(C)cs3)[C@H](C)C2)on1. The lowest BCUT2D eigenvalue weighted by atomic mass is 10.2. The number of nitrogens with zero attached hydrogens (tertiary/aromatic N) is 4. The van der Waals surface area contributed by atoms with Crippen LogP contribution in [0.3, 0.4) is 0 Å². The molecule has 1 aliphatic heterocycles. The summed E-state index contributed by atoms with van der Waals surface area (Å²) >= 11 is 1.74. The van der Waals surface area contributed by atoms with E-state index < -0.39 is 0 Å². The van der Waals surface area contributed by atoms with Gasteiger partial charge in [0.25, 0.3) is 0 Å². The molecule has 108 valence electrons. The first-order valence-corrected chi connectivity index (χ1v) is 7.83. The van der Waals surface area contributed by atoms with E-state index in [1.54, 1.807) is 11.3 Å². The second-order valence-corrected chi connectivity index (χ2v) is 6.32. The Kier molecular flexibility index (Phi) is 3.76. The number of rotatable bonds is 3. The van der Waals surface area contributed by atoms with Crippen LogP contribution >= 0.6 is 11.3 Å². The van der Waals surface area contributed by atoms with Crippen LogP contribution < -0.4 is 4.90 Å². The fraction of sp³-hybridized carbons (Fsp3) is 0.571. The van der Waals surface area contributed by atoms with Crippen LogP contribution in [0.25, 0.3) is 0 Å². The molecule has 20 heavy (non-hydrogen) atoms. The lowest BCUT2D eigenvalue weighted by molar-refractivity contribution is 0.197. The average molecular weight is 292 g/mol. The third-order valence-corrected chi connectivity index (χ3v) is 4.62. The van der Waals surface area contributed by atoms with Gasteiger partial charge in [0.05, 0.1) is 17.9 Å². The summed E-state index contributed by atoms with van der Waals surface area (Å²) in [6, 6.07) is 2.49. The largest absolute Gasteiger partial charge is 0.360 e. The van der Waals surface area contributed by atoms with Crippen LogP contribution in [-0.2, 0) is 6.54 Å². The maximum absolute atomic E-state index is 5.30. The number of aromatic nitrogens is 2. The maximum Gasteiger partial charge on any atom is 0.185 e. The molecule has 0 bridgehead atoms. The van der Waals surface area contributed by atoms with Crippen LogP contribution in [0.5, 0.6) is 0 Å². The van der Waals surface area contributed by atoms with Crippen molar-refractivity contribution in [2.24, 2.45) is 0 Å². The highest BCUT2D eigenvalue weighted by Crippen LogP contribution is 2.25. The molecule has 1 fully saturated rings. The number of aryl methyl sites for hydroxylation is 2. The topological polar surface area (TPSA) is 45.4 Å².